The molecule has 0 saturated heterocycles. The quantitative estimate of drug-likeness (QED) is 0.0321. The molecule has 0 radical (unpaired) electrons. The second kappa shape index (κ2) is 27.4. The molecule has 71 heavy (non-hydrogen) atoms. The molecular formula is C48H90N12O11. The van der Waals surface area contributed by atoms with Crippen LogP contribution in [-0.2, 0) is 52.7 Å². The van der Waals surface area contributed by atoms with Gasteiger partial charge in [0.2, 0.25) is 53.2 Å². The van der Waals surface area contributed by atoms with Crippen molar-refractivity contribution in [1.82, 2.24) is 47.9 Å². The maximum Gasteiger partial charge on any atom is 0.331 e. The lowest BCUT2D eigenvalue weighted by Crippen LogP contribution is -2.67. The number of esters is 1. The second-order valence-corrected chi connectivity index (χ2v) is 22.2. The molecule has 0 fully saturated rings. The van der Waals surface area contributed by atoms with Gasteiger partial charge in [-0.1, -0.05) is 0 Å². The summed E-state index contributed by atoms with van der Waals surface area (Å²) in [6.07, 6.45) is 3.48. The maximum atomic E-state index is 13.9. The lowest BCUT2D eigenvalue weighted by Gasteiger charge is -2.35. The summed E-state index contributed by atoms with van der Waals surface area (Å²) in [6.45, 7) is 24.4. The predicted octanol–water partition coefficient (Wildman–Crippen LogP) is -0.442. The van der Waals surface area contributed by atoms with E-state index in [1.807, 2.05) is 0 Å². The summed E-state index contributed by atoms with van der Waals surface area (Å²) < 4.78 is 5.44. The van der Waals surface area contributed by atoms with Crippen LogP contribution < -0.4 is 65.1 Å². The molecule has 0 saturated carbocycles. The summed E-state index contributed by atoms with van der Waals surface area (Å²) in [5.74, 6) is -6.99. The molecule has 0 rings (SSSR count). The summed E-state index contributed by atoms with van der Waals surface area (Å²) in [5.41, 5.74) is 6.55. The van der Waals surface area contributed by atoms with Crippen molar-refractivity contribution in [3.05, 3.63) is 0 Å². The third-order valence-electron chi connectivity index (χ3n) is 11.1. The first-order chi connectivity index (χ1) is 32.2. The van der Waals surface area contributed by atoms with Gasteiger partial charge in [0.05, 0.1) is 0 Å². The molecule has 408 valence electrons. The van der Waals surface area contributed by atoms with Crippen LogP contribution in [0.1, 0.15) is 169 Å². The number of unbranched alkanes of at least 4 members (excludes halogenated alkanes) is 3. The van der Waals surface area contributed by atoms with Crippen LogP contribution in [0.4, 0.5) is 0 Å². The van der Waals surface area contributed by atoms with Crippen molar-refractivity contribution >= 4 is 59.1 Å². The number of rotatable bonds is 30. The third-order valence-corrected chi connectivity index (χ3v) is 11.1. The van der Waals surface area contributed by atoms with Crippen LogP contribution in [-0.4, -0.2) is 136 Å². The Hall–Kier alpha value is -5.42. The van der Waals surface area contributed by atoms with Gasteiger partial charge in [-0.2, -0.15) is 0 Å². The highest BCUT2D eigenvalue weighted by Gasteiger charge is 2.44. The molecule has 0 unspecified atom stereocenters. The van der Waals surface area contributed by atoms with E-state index in [0.717, 1.165) is 0 Å². The van der Waals surface area contributed by atoms with Gasteiger partial charge < -0.3 is 69.8 Å². The average Bonchev–Trinajstić information content (AvgIpc) is 3.20. The summed E-state index contributed by atoms with van der Waals surface area (Å²) in [7, 11) is 0. The van der Waals surface area contributed by atoms with E-state index in [-0.39, 0.29) is 19.3 Å². The van der Waals surface area contributed by atoms with Crippen LogP contribution in [0.5, 0.6) is 0 Å². The number of nitrogens with two attached hydrogens (primary N) is 3. The molecule has 0 aliphatic heterocycles. The topological polar surface area (TPSA) is 366 Å². The van der Waals surface area contributed by atoms with Crippen LogP contribution in [0, 0.1) is 0 Å². The third kappa shape index (κ3) is 23.1. The number of ether oxygens (including phenoxy) is 1. The van der Waals surface area contributed by atoms with Crippen molar-refractivity contribution in [3.8, 4) is 0 Å². The van der Waals surface area contributed by atoms with E-state index in [1.54, 1.807) is 20.8 Å². The molecule has 0 heterocycles. The number of carbonyl (C=O) groups excluding carboxylic acids is 10. The highest BCUT2D eigenvalue weighted by molar-refractivity contribution is 6.01. The molecule has 15 N–H and O–H groups in total. The Morgan fingerprint density at radius 1 is 0.366 bits per heavy atom. The van der Waals surface area contributed by atoms with Gasteiger partial charge >= 0.3 is 5.97 Å². The average molecular weight is 1010 g/mol. The molecule has 0 spiro atoms. The normalized spacial score (nSPS) is 13.8. The molecule has 0 aliphatic rings. The number of amides is 9. The first kappa shape index (κ1) is 65.6. The van der Waals surface area contributed by atoms with E-state index >= 15 is 0 Å². The largest absolute Gasteiger partial charge is 0.458 e. The number of hydrogen-bond donors (Lipinski definition) is 12. The van der Waals surface area contributed by atoms with Crippen molar-refractivity contribution in [1.29, 1.82) is 0 Å². The van der Waals surface area contributed by atoms with Crippen molar-refractivity contribution in [2.75, 3.05) is 19.6 Å². The van der Waals surface area contributed by atoms with Crippen molar-refractivity contribution in [2.24, 2.45) is 17.2 Å². The minimum Gasteiger partial charge on any atom is -0.458 e. The van der Waals surface area contributed by atoms with Gasteiger partial charge in [-0.15, -0.1) is 0 Å². The summed E-state index contributed by atoms with van der Waals surface area (Å²) >= 11 is 0. The Morgan fingerprint density at radius 2 is 0.620 bits per heavy atom. The lowest BCUT2D eigenvalue weighted by molar-refractivity contribution is -0.163. The Balaban J connectivity index is 6.17. The number of hydrogen-bond acceptors (Lipinski definition) is 14. The van der Waals surface area contributed by atoms with E-state index in [2.05, 4.69) is 47.9 Å². The minimum absolute atomic E-state index is 0.0915. The zero-order valence-corrected chi connectivity index (χ0v) is 45.4. The van der Waals surface area contributed by atoms with Crippen LogP contribution in [0.3, 0.4) is 0 Å². The summed E-state index contributed by atoms with van der Waals surface area (Å²) in [5, 5.41) is 23.8. The Morgan fingerprint density at radius 3 is 0.873 bits per heavy atom. The first-order valence-corrected chi connectivity index (χ1v) is 24.4. The molecule has 3 atom stereocenters. The van der Waals surface area contributed by atoms with Crippen molar-refractivity contribution in [2.45, 2.75) is 226 Å². The summed E-state index contributed by atoms with van der Waals surface area (Å²) in [4.78, 5) is 134. The van der Waals surface area contributed by atoms with Crippen molar-refractivity contribution < 1.29 is 52.7 Å². The zero-order valence-electron chi connectivity index (χ0n) is 45.4. The van der Waals surface area contributed by atoms with Crippen LogP contribution in [0.2, 0.25) is 0 Å². The van der Waals surface area contributed by atoms with E-state index in [4.69, 9.17) is 21.9 Å². The second-order valence-electron chi connectivity index (χ2n) is 22.2. The smallest absolute Gasteiger partial charge is 0.331 e. The molecule has 0 aliphatic carbocycles. The van der Waals surface area contributed by atoms with Gasteiger partial charge in [0.25, 0.3) is 0 Å². The van der Waals surface area contributed by atoms with Gasteiger partial charge in [-0.3, -0.25) is 43.2 Å². The molecule has 9 amide bonds. The van der Waals surface area contributed by atoms with Gasteiger partial charge in [-0.05, 0) is 181 Å². The first-order valence-electron chi connectivity index (χ1n) is 24.4. The van der Waals surface area contributed by atoms with E-state index in [1.165, 1.54) is 90.0 Å². The molecule has 23 heteroatoms. The fourth-order valence-electron chi connectivity index (χ4n) is 6.45. The van der Waals surface area contributed by atoms with E-state index < -0.39 is 116 Å². The molecule has 0 aromatic carbocycles. The van der Waals surface area contributed by atoms with Crippen LogP contribution in [0.25, 0.3) is 0 Å². The number of carbonyl (C=O) groups is 10. The van der Waals surface area contributed by atoms with Gasteiger partial charge in [0, 0.05) is 6.92 Å². The van der Waals surface area contributed by atoms with Gasteiger partial charge in [0.1, 0.15) is 57.0 Å². The Labute approximate surface area is 421 Å². The minimum atomic E-state index is -1.70. The maximum absolute atomic E-state index is 13.9. The molecule has 23 nitrogen and oxygen atoms in total. The molecule has 0 aromatic rings. The zero-order chi connectivity index (χ0) is 55.6. The highest BCUT2D eigenvalue weighted by atomic mass is 16.6. The SMILES string of the molecule is CC(=O)N[C@@H](CCCCN)C(=O)NC(C)(C)C(=O)NC(C)(C)C(=O)N[C@@H](CCCCN)C(=O)NC(C)(C)C(=O)NC(C)(C)C(=O)N[C@@H](CCCCN)C(=O)NC(C)(C)C(=O)NC(C)(C)C(=O)OC(C)(C)C. The fraction of sp³-hybridized carbons (Fsp3) is 0.792. The predicted molar refractivity (Wildman–Crippen MR) is 269 cm³/mol. The van der Waals surface area contributed by atoms with Crippen molar-refractivity contribution in [3.63, 3.8) is 0 Å². The van der Waals surface area contributed by atoms with Crippen LogP contribution in [0.15, 0.2) is 0 Å². The summed E-state index contributed by atoms with van der Waals surface area (Å²) in [6, 6.07) is -3.35. The van der Waals surface area contributed by atoms with E-state index in [9.17, 15) is 47.9 Å². The lowest BCUT2D eigenvalue weighted by atomic mass is 9.96. The Bertz CT molecular complexity index is 1890. The molecular weight excluding hydrogens is 921 g/mol. The van der Waals surface area contributed by atoms with Gasteiger partial charge in [0.15, 0.2) is 0 Å². The fourth-order valence-corrected chi connectivity index (χ4v) is 6.45. The molecule has 0 bridgehead atoms. The van der Waals surface area contributed by atoms with E-state index in [0.29, 0.717) is 58.2 Å². The Kier molecular flexibility index (Phi) is 25.3. The van der Waals surface area contributed by atoms with Crippen LogP contribution >= 0.6 is 0 Å². The monoisotopic (exact) mass is 1010 g/mol. The highest BCUT2D eigenvalue weighted by Crippen LogP contribution is 2.18. The molecule has 0 aromatic heterocycles. The standard InChI is InChI=1S/C48H90N12O11/c1-29(61)52-30(23-17-20-26-49)33(62)55-45(9,10)38(67)58-43(5,6)36(65)53-31(24-18-21-27-50)34(63)56-46(11,12)39(68)59-44(7,8)37(66)54-32(25-19-22-28-51)35(64)57-47(13,14)40(69)60-48(15,16)41(70)71-42(2,3)4/h30-32H,17-28,49-51H2,1-16H3,(H,52,61)(H,53,65)(H,54,66)(H,55,62)(H,56,63)(H,57,64)(H,58,67)(H,59,68)(H,60,69)/t30-,31-,32-/m0/s1. The van der Waals surface area contributed by atoms with Gasteiger partial charge in [-0.25, -0.2) is 4.79 Å². The number of nitrogens with one attached hydrogen (secondary N) is 9.